The molecule has 5 aromatic rings. The Morgan fingerprint density at radius 2 is 1.89 bits per heavy atom. The van der Waals surface area contributed by atoms with Crippen LogP contribution in [-0.4, -0.2) is 64.3 Å². The fourth-order valence-electron chi connectivity index (χ4n) is 4.45. The van der Waals surface area contributed by atoms with Gasteiger partial charge in [0.15, 0.2) is 11.5 Å². The average molecular weight is 497 g/mol. The maximum atomic E-state index is 12.2. The molecule has 1 fully saturated rings. The quantitative estimate of drug-likeness (QED) is 0.367. The number of amides is 1. The average Bonchev–Trinajstić information content (AvgIpc) is 3.44. The van der Waals surface area contributed by atoms with E-state index in [0.717, 1.165) is 44.8 Å². The first-order valence-electron chi connectivity index (χ1n) is 12.3. The molecule has 0 spiro atoms. The Bertz CT molecular complexity index is 1620. The number of aryl methyl sites for hydroxylation is 1. The van der Waals surface area contributed by atoms with Gasteiger partial charge in [-0.2, -0.15) is 14.7 Å². The molecule has 0 radical (unpaired) electrons. The number of ether oxygens (including phenoxy) is 1. The number of fused-ring (bicyclic) bond motifs is 2. The lowest BCUT2D eigenvalue weighted by Gasteiger charge is -2.39. The first-order chi connectivity index (χ1) is 17.7. The highest BCUT2D eigenvalue weighted by Gasteiger charge is 2.35. The summed E-state index contributed by atoms with van der Waals surface area (Å²) >= 11 is 0. The summed E-state index contributed by atoms with van der Waals surface area (Å²) in [6.07, 6.45) is 6.07. The van der Waals surface area contributed by atoms with Crippen LogP contribution >= 0.6 is 0 Å². The minimum atomic E-state index is -0.497. The van der Waals surface area contributed by atoms with E-state index in [1.807, 2.05) is 69.2 Å². The molecule has 0 N–H and O–H groups in total. The lowest BCUT2D eigenvalue weighted by atomic mass is 10.0. The van der Waals surface area contributed by atoms with E-state index in [2.05, 4.69) is 43.6 Å². The van der Waals surface area contributed by atoms with Gasteiger partial charge in [0.05, 0.1) is 23.4 Å². The third-order valence-corrected chi connectivity index (χ3v) is 6.39. The SMILES string of the molecule is Cc1ccc2nnc(Cc3ccc4ncc(-c5cnn(C6CN(C(=O)OC(C)(C)C)C6)c5)cc4c3)n2n1. The van der Waals surface area contributed by atoms with E-state index in [-0.39, 0.29) is 12.1 Å². The maximum absolute atomic E-state index is 12.2. The summed E-state index contributed by atoms with van der Waals surface area (Å²) in [6.45, 7) is 8.74. The van der Waals surface area contributed by atoms with Crippen molar-refractivity contribution < 1.29 is 9.53 Å². The lowest BCUT2D eigenvalue weighted by molar-refractivity contribution is -0.000383. The molecule has 188 valence electrons. The molecule has 0 atom stereocenters. The molecule has 1 amide bonds. The van der Waals surface area contributed by atoms with Crippen molar-refractivity contribution in [1.29, 1.82) is 0 Å². The number of rotatable bonds is 4. The summed E-state index contributed by atoms with van der Waals surface area (Å²) in [5.41, 5.74) is 5.17. The van der Waals surface area contributed by atoms with Gasteiger partial charge in [-0.3, -0.25) is 9.67 Å². The summed E-state index contributed by atoms with van der Waals surface area (Å²) in [5.74, 6) is 0.796. The van der Waals surface area contributed by atoms with Crippen LogP contribution in [0.25, 0.3) is 27.7 Å². The number of aromatic nitrogens is 7. The Labute approximate surface area is 213 Å². The molecule has 0 saturated carbocycles. The number of carbonyl (C=O) groups is 1. The number of hydrogen-bond donors (Lipinski definition) is 0. The van der Waals surface area contributed by atoms with Crippen LogP contribution < -0.4 is 0 Å². The van der Waals surface area contributed by atoms with Crippen molar-refractivity contribution in [3.8, 4) is 11.1 Å². The standard InChI is InChI=1S/C27H28N8O2/c1-17-5-8-24-30-31-25(35(24)32-17)10-18-6-7-23-19(9-18)11-20(12-28-23)21-13-29-34(14-21)22-15-33(16-22)26(36)37-27(2,3)4/h5-9,11-14,22H,10,15-16H2,1-4H3. The van der Waals surface area contributed by atoms with Gasteiger partial charge in [0.1, 0.15) is 5.60 Å². The minimum Gasteiger partial charge on any atom is -0.444 e. The normalized spacial score (nSPS) is 14.3. The molecule has 1 aliphatic rings. The molecule has 5 heterocycles. The molecule has 1 aliphatic heterocycles. The number of likely N-dealkylation sites (tertiary alicyclic amines) is 1. The van der Waals surface area contributed by atoms with Gasteiger partial charge in [0, 0.05) is 48.4 Å². The second kappa shape index (κ2) is 8.65. The van der Waals surface area contributed by atoms with Crippen LogP contribution in [0.15, 0.2) is 55.0 Å². The third-order valence-electron chi connectivity index (χ3n) is 6.39. The summed E-state index contributed by atoms with van der Waals surface area (Å²) < 4.78 is 9.16. The molecule has 0 unspecified atom stereocenters. The van der Waals surface area contributed by atoms with Gasteiger partial charge in [-0.15, -0.1) is 10.2 Å². The molecular weight excluding hydrogens is 468 g/mol. The van der Waals surface area contributed by atoms with E-state index in [4.69, 9.17) is 4.74 Å². The van der Waals surface area contributed by atoms with Crippen LogP contribution in [0.5, 0.6) is 0 Å². The van der Waals surface area contributed by atoms with Crippen molar-refractivity contribution in [2.75, 3.05) is 13.1 Å². The zero-order chi connectivity index (χ0) is 25.7. The van der Waals surface area contributed by atoms with E-state index < -0.39 is 5.60 Å². The Hall–Kier alpha value is -4.34. The number of pyridine rings is 1. The van der Waals surface area contributed by atoms with Crippen molar-refractivity contribution >= 4 is 22.6 Å². The summed E-state index contributed by atoms with van der Waals surface area (Å²) in [4.78, 5) is 18.6. The Morgan fingerprint density at radius 1 is 1.05 bits per heavy atom. The molecule has 1 aromatic carbocycles. The lowest BCUT2D eigenvalue weighted by Crippen LogP contribution is -2.52. The molecule has 0 bridgehead atoms. The molecule has 10 heteroatoms. The highest BCUT2D eigenvalue weighted by atomic mass is 16.6. The van der Waals surface area contributed by atoms with Crippen LogP contribution in [-0.2, 0) is 11.2 Å². The number of nitrogens with zero attached hydrogens (tertiary/aromatic N) is 8. The Morgan fingerprint density at radius 3 is 2.70 bits per heavy atom. The predicted molar refractivity (Wildman–Crippen MR) is 138 cm³/mol. The number of carbonyl (C=O) groups excluding carboxylic acids is 1. The smallest absolute Gasteiger partial charge is 0.410 e. The highest BCUT2D eigenvalue weighted by Crippen LogP contribution is 2.28. The number of benzene rings is 1. The van der Waals surface area contributed by atoms with Gasteiger partial charge in [-0.05, 0) is 63.6 Å². The summed E-state index contributed by atoms with van der Waals surface area (Å²) in [5, 5.41) is 18.7. The largest absolute Gasteiger partial charge is 0.444 e. The molecule has 37 heavy (non-hydrogen) atoms. The first kappa shape index (κ1) is 23.1. The van der Waals surface area contributed by atoms with E-state index in [0.29, 0.717) is 19.5 Å². The van der Waals surface area contributed by atoms with Crippen molar-refractivity contribution in [3.63, 3.8) is 0 Å². The van der Waals surface area contributed by atoms with Crippen molar-refractivity contribution in [2.45, 2.75) is 45.8 Å². The maximum Gasteiger partial charge on any atom is 0.410 e. The van der Waals surface area contributed by atoms with Crippen molar-refractivity contribution in [1.82, 2.24) is 39.5 Å². The topological polar surface area (TPSA) is 103 Å². The first-order valence-corrected chi connectivity index (χ1v) is 12.3. The fourth-order valence-corrected chi connectivity index (χ4v) is 4.45. The zero-order valence-corrected chi connectivity index (χ0v) is 21.3. The third kappa shape index (κ3) is 4.62. The van der Waals surface area contributed by atoms with Gasteiger partial charge in [0.25, 0.3) is 0 Å². The predicted octanol–water partition coefficient (Wildman–Crippen LogP) is 4.23. The van der Waals surface area contributed by atoms with Gasteiger partial charge in [0.2, 0.25) is 0 Å². The van der Waals surface area contributed by atoms with Crippen LogP contribution in [0.3, 0.4) is 0 Å². The summed E-state index contributed by atoms with van der Waals surface area (Å²) in [6, 6.07) is 12.4. The van der Waals surface area contributed by atoms with E-state index >= 15 is 0 Å². The summed E-state index contributed by atoms with van der Waals surface area (Å²) in [7, 11) is 0. The molecule has 10 nitrogen and oxygen atoms in total. The van der Waals surface area contributed by atoms with E-state index in [9.17, 15) is 4.79 Å². The second-order valence-corrected chi connectivity index (χ2v) is 10.5. The van der Waals surface area contributed by atoms with Gasteiger partial charge in [-0.25, -0.2) is 4.79 Å². The van der Waals surface area contributed by atoms with Crippen LogP contribution in [0.2, 0.25) is 0 Å². The molecular formula is C27H28N8O2. The second-order valence-electron chi connectivity index (χ2n) is 10.5. The van der Waals surface area contributed by atoms with Gasteiger partial charge < -0.3 is 9.64 Å². The monoisotopic (exact) mass is 496 g/mol. The van der Waals surface area contributed by atoms with Gasteiger partial charge in [-0.1, -0.05) is 6.07 Å². The van der Waals surface area contributed by atoms with E-state index in [1.54, 1.807) is 9.42 Å². The molecule has 0 aliphatic carbocycles. The molecule has 4 aromatic heterocycles. The van der Waals surface area contributed by atoms with Crippen molar-refractivity contribution in [2.24, 2.45) is 0 Å². The van der Waals surface area contributed by atoms with Crippen LogP contribution in [0.4, 0.5) is 4.79 Å². The minimum absolute atomic E-state index is 0.136. The Kier molecular flexibility index (Phi) is 5.40. The molecule has 6 rings (SSSR count). The zero-order valence-electron chi connectivity index (χ0n) is 21.3. The highest BCUT2D eigenvalue weighted by molar-refractivity contribution is 5.84. The van der Waals surface area contributed by atoms with E-state index in [1.165, 1.54) is 0 Å². The molecule has 1 saturated heterocycles. The van der Waals surface area contributed by atoms with Gasteiger partial charge >= 0.3 is 6.09 Å². The number of hydrogen-bond acceptors (Lipinski definition) is 7. The fraction of sp³-hybridized carbons (Fsp3) is 0.333. The van der Waals surface area contributed by atoms with Crippen molar-refractivity contribution in [3.05, 3.63) is 72.1 Å². The van der Waals surface area contributed by atoms with Crippen LogP contribution in [0, 0.1) is 6.92 Å². The van der Waals surface area contributed by atoms with Crippen LogP contribution in [0.1, 0.15) is 43.9 Å². The Balaban J connectivity index is 1.19.